The van der Waals surface area contributed by atoms with Gasteiger partial charge in [-0.15, -0.1) is 0 Å². The molecule has 0 spiro atoms. The van der Waals surface area contributed by atoms with Crippen LogP contribution in [0.4, 0.5) is 0 Å². The van der Waals surface area contributed by atoms with Crippen LogP contribution in [0.5, 0.6) is 0 Å². The number of alkyl halides is 1. The van der Waals surface area contributed by atoms with Gasteiger partial charge in [0.15, 0.2) is 0 Å². The quantitative estimate of drug-likeness (QED) is 0.751. The van der Waals surface area contributed by atoms with Crippen LogP contribution in [0.3, 0.4) is 0 Å². The minimum Gasteiger partial charge on any atom is -0.294 e. The molecule has 1 aliphatic rings. The third-order valence-corrected chi connectivity index (χ3v) is 2.88. The second kappa shape index (κ2) is 4.89. The first-order chi connectivity index (χ1) is 6.90. The molecule has 2 nitrogen and oxygen atoms in total. The topological polar surface area (TPSA) is 16.1 Å². The van der Waals surface area contributed by atoms with Gasteiger partial charge in [0, 0.05) is 30.7 Å². The molecule has 0 saturated heterocycles. The van der Waals surface area contributed by atoms with Crippen LogP contribution < -0.4 is 0 Å². The molecule has 0 N–H and O–H groups in total. The Balaban J connectivity index is 1.93. The zero-order valence-electron chi connectivity index (χ0n) is 8.19. The Morgan fingerprint density at radius 2 is 2.29 bits per heavy atom. The van der Waals surface area contributed by atoms with Crippen LogP contribution >= 0.6 is 15.9 Å². The van der Waals surface area contributed by atoms with Gasteiger partial charge in [-0.2, -0.15) is 0 Å². The van der Waals surface area contributed by atoms with E-state index in [1.54, 1.807) is 0 Å². The van der Waals surface area contributed by atoms with Gasteiger partial charge in [-0.25, -0.2) is 0 Å². The van der Waals surface area contributed by atoms with Gasteiger partial charge in [0.2, 0.25) is 0 Å². The van der Waals surface area contributed by atoms with Gasteiger partial charge in [-0.1, -0.05) is 22.0 Å². The van der Waals surface area contributed by atoms with Gasteiger partial charge in [-0.05, 0) is 25.0 Å². The summed E-state index contributed by atoms with van der Waals surface area (Å²) in [5, 5.41) is 1.05. The summed E-state index contributed by atoms with van der Waals surface area (Å²) in [4.78, 5) is 6.86. The number of rotatable bonds is 5. The van der Waals surface area contributed by atoms with E-state index in [2.05, 4.69) is 37.9 Å². The first kappa shape index (κ1) is 10.1. The molecule has 1 heterocycles. The zero-order valence-corrected chi connectivity index (χ0v) is 9.78. The van der Waals surface area contributed by atoms with E-state index in [-0.39, 0.29) is 0 Å². The lowest BCUT2D eigenvalue weighted by Crippen LogP contribution is -2.27. The third kappa shape index (κ3) is 2.79. The Hall–Kier alpha value is -0.410. The first-order valence-corrected chi connectivity index (χ1v) is 6.22. The van der Waals surface area contributed by atoms with Crippen molar-refractivity contribution in [3.63, 3.8) is 0 Å². The molecule has 0 atom stereocenters. The standard InChI is InChI=1S/C11H15BrN2/c12-6-8-14(11-4-5-11)9-10-3-1-2-7-13-10/h1-3,7,11H,4-6,8-9H2. The summed E-state index contributed by atoms with van der Waals surface area (Å²) in [6.07, 6.45) is 4.59. The minimum atomic E-state index is 0.814. The lowest BCUT2D eigenvalue weighted by Gasteiger charge is -2.19. The van der Waals surface area contributed by atoms with Gasteiger partial charge >= 0.3 is 0 Å². The molecular formula is C11H15BrN2. The van der Waals surface area contributed by atoms with E-state index in [1.165, 1.54) is 18.5 Å². The summed E-state index contributed by atoms with van der Waals surface area (Å²) >= 11 is 3.50. The highest BCUT2D eigenvalue weighted by atomic mass is 79.9. The number of pyridine rings is 1. The first-order valence-electron chi connectivity index (χ1n) is 5.10. The van der Waals surface area contributed by atoms with Gasteiger partial charge in [0.05, 0.1) is 5.69 Å². The Morgan fingerprint density at radius 1 is 1.43 bits per heavy atom. The molecule has 1 aromatic heterocycles. The normalized spacial score (nSPS) is 16.1. The van der Waals surface area contributed by atoms with E-state index < -0.39 is 0 Å². The number of hydrogen-bond donors (Lipinski definition) is 0. The molecule has 1 aliphatic carbocycles. The molecular weight excluding hydrogens is 240 g/mol. The lowest BCUT2D eigenvalue weighted by molar-refractivity contribution is 0.269. The molecule has 1 fully saturated rings. The van der Waals surface area contributed by atoms with Gasteiger partial charge in [0.1, 0.15) is 0 Å². The largest absolute Gasteiger partial charge is 0.294 e. The van der Waals surface area contributed by atoms with Gasteiger partial charge in [-0.3, -0.25) is 9.88 Å². The SMILES string of the molecule is BrCCN(Cc1ccccn1)C1CC1. The van der Waals surface area contributed by atoms with Crippen LogP contribution in [0.1, 0.15) is 18.5 Å². The molecule has 76 valence electrons. The fraction of sp³-hybridized carbons (Fsp3) is 0.545. The summed E-state index contributed by atoms with van der Waals surface area (Å²) in [5.74, 6) is 0. The monoisotopic (exact) mass is 254 g/mol. The molecule has 0 amide bonds. The average Bonchev–Trinajstić information content (AvgIpc) is 3.02. The molecule has 3 heteroatoms. The number of hydrogen-bond acceptors (Lipinski definition) is 2. The van der Waals surface area contributed by atoms with Crippen LogP contribution in [0.2, 0.25) is 0 Å². The van der Waals surface area contributed by atoms with E-state index in [0.717, 1.165) is 24.5 Å². The Bertz CT molecular complexity index is 272. The number of halogens is 1. The second-order valence-corrected chi connectivity index (χ2v) is 4.50. The fourth-order valence-corrected chi connectivity index (χ4v) is 2.09. The van der Waals surface area contributed by atoms with Crippen molar-refractivity contribution in [2.75, 3.05) is 11.9 Å². The summed E-state index contributed by atoms with van der Waals surface area (Å²) < 4.78 is 0. The Morgan fingerprint density at radius 3 is 2.86 bits per heavy atom. The maximum Gasteiger partial charge on any atom is 0.0544 e. The van der Waals surface area contributed by atoms with Crippen molar-refractivity contribution in [1.29, 1.82) is 0 Å². The molecule has 2 rings (SSSR count). The Labute approximate surface area is 93.5 Å². The Kier molecular flexibility index (Phi) is 3.54. The highest BCUT2D eigenvalue weighted by Crippen LogP contribution is 2.27. The van der Waals surface area contributed by atoms with Crippen molar-refractivity contribution in [1.82, 2.24) is 9.88 Å². The highest BCUT2D eigenvalue weighted by Gasteiger charge is 2.28. The van der Waals surface area contributed by atoms with Crippen molar-refractivity contribution >= 4 is 15.9 Å². The summed E-state index contributed by atoms with van der Waals surface area (Å²) in [6, 6.07) is 6.94. The molecule has 0 aliphatic heterocycles. The number of nitrogens with zero attached hydrogens (tertiary/aromatic N) is 2. The van der Waals surface area contributed by atoms with Gasteiger partial charge < -0.3 is 0 Å². The maximum absolute atomic E-state index is 4.35. The third-order valence-electron chi connectivity index (χ3n) is 2.53. The van der Waals surface area contributed by atoms with Crippen LogP contribution in [-0.2, 0) is 6.54 Å². The summed E-state index contributed by atoms with van der Waals surface area (Å²) in [7, 11) is 0. The predicted molar refractivity (Wildman–Crippen MR) is 61.5 cm³/mol. The van der Waals surface area contributed by atoms with E-state index in [9.17, 15) is 0 Å². The van der Waals surface area contributed by atoms with E-state index in [4.69, 9.17) is 0 Å². The van der Waals surface area contributed by atoms with Crippen molar-refractivity contribution in [2.45, 2.75) is 25.4 Å². The summed E-state index contributed by atoms with van der Waals surface area (Å²) in [5.41, 5.74) is 1.18. The molecule has 0 aromatic carbocycles. The molecule has 1 aromatic rings. The van der Waals surface area contributed by atoms with E-state index in [0.29, 0.717) is 0 Å². The predicted octanol–water partition coefficient (Wildman–Crippen LogP) is 2.44. The maximum atomic E-state index is 4.35. The highest BCUT2D eigenvalue weighted by molar-refractivity contribution is 9.09. The smallest absolute Gasteiger partial charge is 0.0544 e. The van der Waals surface area contributed by atoms with Crippen LogP contribution in [-0.4, -0.2) is 27.8 Å². The molecule has 14 heavy (non-hydrogen) atoms. The van der Waals surface area contributed by atoms with Crippen LogP contribution in [0.15, 0.2) is 24.4 Å². The van der Waals surface area contributed by atoms with Crippen LogP contribution in [0.25, 0.3) is 0 Å². The summed E-state index contributed by atoms with van der Waals surface area (Å²) in [6.45, 7) is 2.12. The minimum absolute atomic E-state index is 0.814. The number of aromatic nitrogens is 1. The van der Waals surface area contributed by atoms with Crippen molar-refractivity contribution in [3.8, 4) is 0 Å². The van der Waals surface area contributed by atoms with E-state index in [1.807, 2.05) is 12.3 Å². The average molecular weight is 255 g/mol. The van der Waals surface area contributed by atoms with E-state index >= 15 is 0 Å². The van der Waals surface area contributed by atoms with Crippen molar-refractivity contribution < 1.29 is 0 Å². The molecule has 0 bridgehead atoms. The lowest BCUT2D eigenvalue weighted by atomic mass is 10.3. The molecule has 1 saturated carbocycles. The molecule has 0 radical (unpaired) electrons. The second-order valence-electron chi connectivity index (χ2n) is 3.71. The van der Waals surface area contributed by atoms with Crippen molar-refractivity contribution in [2.24, 2.45) is 0 Å². The zero-order chi connectivity index (χ0) is 9.80. The van der Waals surface area contributed by atoms with Gasteiger partial charge in [0.25, 0.3) is 0 Å². The van der Waals surface area contributed by atoms with Crippen molar-refractivity contribution in [3.05, 3.63) is 30.1 Å². The molecule has 0 unspecified atom stereocenters. The van der Waals surface area contributed by atoms with Crippen LogP contribution in [0, 0.1) is 0 Å². The fourth-order valence-electron chi connectivity index (χ4n) is 1.64.